The molecule has 0 unspecified atom stereocenters. The molecule has 0 aliphatic carbocycles. The van der Waals surface area contributed by atoms with E-state index in [1.807, 2.05) is 26.8 Å². The molecule has 1 atom stereocenters. The third-order valence-corrected chi connectivity index (χ3v) is 6.62. The van der Waals surface area contributed by atoms with E-state index in [1.165, 1.54) is 11.6 Å². The molecule has 0 amide bonds. The molecular weight excluding hydrogens is 443 g/mol. The fourth-order valence-corrected chi connectivity index (χ4v) is 4.86. The normalized spacial score (nSPS) is 15.8. The van der Waals surface area contributed by atoms with E-state index in [0.717, 1.165) is 60.6 Å². The van der Waals surface area contributed by atoms with Crippen LogP contribution in [0, 0.1) is 19.7 Å². The Labute approximate surface area is 204 Å². The summed E-state index contributed by atoms with van der Waals surface area (Å²) < 4.78 is 22.1. The maximum Gasteiger partial charge on any atom is 0.179 e. The molecule has 2 aromatic heterocycles. The van der Waals surface area contributed by atoms with Crippen LogP contribution in [0.25, 0.3) is 16.6 Å². The Kier molecular flexibility index (Phi) is 6.63. The van der Waals surface area contributed by atoms with Gasteiger partial charge in [-0.2, -0.15) is 10.2 Å². The molecule has 1 saturated heterocycles. The lowest BCUT2D eigenvalue weighted by Gasteiger charge is -2.18. The van der Waals surface area contributed by atoms with Crippen molar-refractivity contribution in [3.63, 3.8) is 0 Å². The Morgan fingerprint density at radius 3 is 2.71 bits per heavy atom. The van der Waals surface area contributed by atoms with Crippen LogP contribution in [0.1, 0.15) is 30.3 Å². The predicted molar refractivity (Wildman–Crippen MR) is 136 cm³/mol. The minimum absolute atomic E-state index is 0.378. The summed E-state index contributed by atoms with van der Waals surface area (Å²) in [6.07, 6.45) is 2.03. The minimum Gasteiger partial charge on any atom is -0.494 e. The Balaban J connectivity index is 1.37. The summed E-state index contributed by atoms with van der Waals surface area (Å²) in [5.74, 6) is 0.883. The first-order chi connectivity index (χ1) is 17.0. The number of anilines is 1. The topological polar surface area (TPSA) is 68.1 Å². The lowest BCUT2D eigenvalue weighted by Crippen LogP contribution is -2.34. The van der Waals surface area contributed by atoms with Crippen molar-refractivity contribution in [3.8, 4) is 11.4 Å². The number of hydrogen-bond acceptors (Lipinski definition) is 6. The van der Waals surface area contributed by atoms with Gasteiger partial charge in [-0.25, -0.2) is 9.07 Å². The Bertz CT molecular complexity index is 1320. The fraction of sp³-hybridized carbons (Fsp3) is 0.370. The van der Waals surface area contributed by atoms with Crippen molar-refractivity contribution >= 4 is 16.7 Å². The van der Waals surface area contributed by atoms with Gasteiger partial charge in [0.25, 0.3) is 0 Å². The van der Waals surface area contributed by atoms with E-state index < -0.39 is 0 Å². The number of nitrogens with one attached hydrogen (secondary N) is 1. The molecule has 0 bridgehead atoms. The molecule has 1 aliphatic heterocycles. The quantitative estimate of drug-likeness (QED) is 0.409. The Morgan fingerprint density at radius 1 is 1.11 bits per heavy atom. The van der Waals surface area contributed by atoms with Gasteiger partial charge in [0.15, 0.2) is 11.6 Å². The van der Waals surface area contributed by atoms with Crippen LogP contribution in [-0.2, 0) is 6.42 Å². The number of hydrogen-bond donors (Lipinski definition) is 1. The Hall–Kier alpha value is -3.52. The fourth-order valence-electron chi connectivity index (χ4n) is 4.86. The minimum atomic E-state index is -0.379. The van der Waals surface area contributed by atoms with Crippen molar-refractivity contribution in [2.24, 2.45) is 0 Å². The lowest BCUT2D eigenvalue weighted by molar-refractivity contribution is 0.338. The van der Waals surface area contributed by atoms with Crippen LogP contribution in [0.4, 0.5) is 10.2 Å². The predicted octanol–water partition coefficient (Wildman–Crippen LogP) is 4.38. The van der Waals surface area contributed by atoms with Gasteiger partial charge in [0.2, 0.25) is 0 Å². The zero-order valence-electron chi connectivity index (χ0n) is 20.5. The van der Waals surface area contributed by atoms with Gasteiger partial charge in [0, 0.05) is 25.2 Å². The van der Waals surface area contributed by atoms with Crippen LogP contribution >= 0.6 is 0 Å². The van der Waals surface area contributed by atoms with E-state index in [1.54, 1.807) is 16.8 Å². The van der Waals surface area contributed by atoms with Crippen LogP contribution in [-0.4, -0.2) is 52.3 Å². The number of aryl methyl sites for hydroxylation is 2. The lowest BCUT2D eigenvalue weighted by atomic mass is 10.1. The maximum atomic E-state index is 15.0. The number of aromatic nitrogens is 4. The third-order valence-electron chi connectivity index (χ3n) is 6.62. The highest BCUT2D eigenvalue weighted by molar-refractivity contribution is 5.92. The molecule has 3 heterocycles. The number of nitrogens with zero attached hydrogens (tertiary/aromatic N) is 5. The number of ether oxygens (including phenoxy) is 1. The summed E-state index contributed by atoms with van der Waals surface area (Å²) in [5.41, 5.74) is 4.11. The molecule has 35 heavy (non-hydrogen) atoms. The van der Waals surface area contributed by atoms with Gasteiger partial charge in [-0.1, -0.05) is 30.3 Å². The SMILES string of the molecule is CCOc1ccc(-n2nc3c(N4CC[C@H](NCCc5ccccc5)C4)nnc(C)c3c2C)c(F)c1. The monoisotopic (exact) mass is 474 g/mol. The summed E-state index contributed by atoms with van der Waals surface area (Å²) >= 11 is 0. The van der Waals surface area contributed by atoms with E-state index in [-0.39, 0.29) is 5.82 Å². The van der Waals surface area contributed by atoms with Crippen molar-refractivity contribution in [1.29, 1.82) is 0 Å². The highest BCUT2D eigenvalue weighted by Crippen LogP contribution is 2.32. The highest BCUT2D eigenvalue weighted by atomic mass is 19.1. The second kappa shape index (κ2) is 10.00. The van der Waals surface area contributed by atoms with E-state index in [4.69, 9.17) is 9.84 Å². The zero-order chi connectivity index (χ0) is 24.4. The average molecular weight is 475 g/mol. The Morgan fingerprint density at radius 2 is 1.94 bits per heavy atom. The third kappa shape index (κ3) is 4.71. The first-order valence-corrected chi connectivity index (χ1v) is 12.2. The second-order valence-electron chi connectivity index (χ2n) is 9.00. The molecule has 0 saturated carbocycles. The molecule has 5 rings (SSSR count). The molecule has 2 aromatic carbocycles. The van der Waals surface area contributed by atoms with Crippen molar-refractivity contribution in [3.05, 3.63) is 71.3 Å². The van der Waals surface area contributed by atoms with Gasteiger partial charge < -0.3 is 15.0 Å². The summed E-state index contributed by atoms with van der Waals surface area (Å²) in [6, 6.07) is 15.8. The van der Waals surface area contributed by atoms with Gasteiger partial charge in [-0.05, 0) is 57.9 Å². The molecule has 0 spiro atoms. The van der Waals surface area contributed by atoms with Crippen LogP contribution < -0.4 is 15.0 Å². The van der Waals surface area contributed by atoms with Gasteiger partial charge in [0.1, 0.15) is 17.0 Å². The van der Waals surface area contributed by atoms with E-state index in [2.05, 4.69) is 44.7 Å². The smallest absolute Gasteiger partial charge is 0.179 e. The van der Waals surface area contributed by atoms with Crippen molar-refractivity contribution in [1.82, 2.24) is 25.3 Å². The van der Waals surface area contributed by atoms with E-state index in [0.29, 0.717) is 24.1 Å². The highest BCUT2D eigenvalue weighted by Gasteiger charge is 2.27. The number of fused-ring (bicyclic) bond motifs is 1. The standard InChI is InChI=1S/C27H31FN6O/c1-4-35-22-10-11-24(23(28)16-22)34-19(3)25-18(2)30-31-27(26(25)32-34)33-15-13-21(17-33)29-14-12-20-8-6-5-7-9-20/h5-11,16,21,29H,4,12-15,17H2,1-3H3/t21-/m0/s1. The maximum absolute atomic E-state index is 15.0. The molecule has 1 N–H and O–H groups in total. The van der Waals surface area contributed by atoms with Gasteiger partial charge in [-0.15, -0.1) is 5.10 Å². The first kappa shape index (κ1) is 23.2. The molecule has 8 heteroatoms. The zero-order valence-corrected chi connectivity index (χ0v) is 20.5. The van der Waals surface area contributed by atoms with Crippen molar-refractivity contribution in [2.75, 3.05) is 31.1 Å². The summed E-state index contributed by atoms with van der Waals surface area (Å²) in [6.45, 7) is 8.88. The molecular formula is C27H31FN6O. The number of rotatable bonds is 8. The van der Waals surface area contributed by atoms with Gasteiger partial charge >= 0.3 is 0 Å². The van der Waals surface area contributed by atoms with Crippen LogP contribution in [0.15, 0.2) is 48.5 Å². The summed E-state index contributed by atoms with van der Waals surface area (Å²) in [7, 11) is 0. The van der Waals surface area contributed by atoms with Crippen LogP contribution in [0.5, 0.6) is 5.75 Å². The summed E-state index contributed by atoms with van der Waals surface area (Å²) in [4.78, 5) is 2.24. The van der Waals surface area contributed by atoms with Crippen molar-refractivity contribution < 1.29 is 9.13 Å². The van der Waals surface area contributed by atoms with E-state index >= 15 is 0 Å². The number of halogens is 1. The molecule has 1 fully saturated rings. The largest absolute Gasteiger partial charge is 0.494 e. The first-order valence-electron chi connectivity index (χ1n) is 12.2. The van der Waals surface area contributed by atoms with Gasteiger partial charge in [0.05, 0.1) is 23.4 Å². The molecule has 182 valence electrons. The molecule has 7 nitrogen and oxygen atoms in total. The van der Waals surface area contributed by atoms with E-state index in [9.17, 15) is 4.39 Å². The van der Waals surface area contributed by atoms with Crippen LogP contribution in [0.3, 0.4) is 0 Å². The second-order valence-corrected chi connectivity index (χ2v) is 9.00. The molecule has 0 radical (unpaired) electrons. The number of benzene rings is 2. The van der Waals surface area contributed by atoms with Crippen molar-refractivity contribution in [2.45, 2.75) is 39.7 Å². The summed E-state index contributed by atoms with van der Waals surface area (Å²) in [5, 5.41) is 18.4. The molecule has 4 aromatic rings. The molecule has 1 aliphatic rings. The van der Waals surface area contributed by atoms with Crippen LogP contribution in [0.2, 0.25) is 0 Å². The average Bonchev–Trinajstić information content (AvgIpc) is 3.46. The van der Waals surface area contributed by atoms with Gasteiger partial charge in [-0.3, -0.25) is 0 Å².